The quantitative estimate of drug-likeness (QED) is 0.126. The lowest BCUT2D eigenvalue weighted by atomic mass is 10.0. The Balaban J connectivity index is 0.000000410. The van der Waals surface area contributed by atoms with Crippen molar-refractivity contribution in [2.24, 2.45) is 5.92 Å². The topological polar surface area (TPSA) is 116 Å². The Bertz CT molecular complexity index is 1340. The molecule has 2 atom stereocenters. The number of halogens is 1. The van der Waals surface area contributed by atoms with Gasteiger partial charge in [0, 0.05) is 12.2 Å². The molecule has 0 aliphatic carbocycles. The number of benzene rings is 3. The van der Waals surface area contributed by atoms with Gasteiger partial charge in [-0.05, 0) is 84.7 Å². The molecule has 41 heavy (non-hydrogen) atoms. The van der Waals surface area contributed by atoms with Crippen molar-refractivity contribution in [1.29, 1.82) is 0 Å². The molecule has 0 saturated heterocycles. The molecule has 0 spiro atoms. The lowest BCUT2D eigenvalue weighted by molar-refractivity contribution is 0.101. The molecule has 2 unspecified atom stereocenters. The number of nitrogens with two attached hydrogens (primary N) is 2. The molecule has 3 aromatic carbocycles. The minimum atomic E-state index is -3.63. The Morgan fingerprint density at radius 2 is 1.59 bits per heavy atom. The first-order chi connectivity index (χ1) is 19.3. The average Bonchev–Trinajstić information content (AvgIpc) is 2.95. The summed E-state index contributed by atoms with van der Waals surface area (Å²) < 4.78 is 31.3. The van der Waals surface area contributed by atoms with Gasteiger partial charge in [0.15, 0.2) is 5.78 Å². The van der Waals surface area contributed by atoms with Crippen LogP contribution in [0.25, 0.3) is 11.1 Å². The van der Waals surface area contributed by atoms with E-state index in [-0.39, 0.29) is 22.2 Å². The van der Waals surface area contributed by atoms with E-state index < -0.39 is 13.2 Å². The maximum Gasteiger partial charge on any atom is 0.229 e. The molecule has 8 heteroatoms. The number of ketones is 1. The van der Waals surface area contributed by atoms with Gasteiger partial charge in [0.1, 0.15) is 11.6 Å². The van der Waals surface area contributed by atoms with E-state index in [4.69, 9.17) is 16.2 Å². The summed E-state index contributed by atoms with van der Waals surface area (Å²) in [6.45, 7) is 15.5. The minimum absolute atomic E-state index is 0.209. The van der Waals surface area contributed by atoms with Crippen molar-refractivity contribution in [3.05, 3.63) is 71.0 Å². The molecular formula is C33H48FN2O4P. The second-order valence-corrected chi connectivity index (χ2v) is 12.1. The third-order valence-electron chi connectivity index (χ3n) is 6.83. The Hall–Kier alpha value is -3.15. The fourth-order valence-electron chi connectivity index (χ4n) is 4.11. The molecule has 0 saturated carbocycles. The number of hydrogen-bond acceptors (Lipinski definition) is 5. The lowest BCUT2D eigenvalue weighted by Gasteiger charge is -2.14. The maximum absolute atomic E-state index is 13.9. The zero-order valence-corrected chi connectivity index (χ0v) is 26.8. The number of aryl methyl sites for hydroxylation is 1. The minimum Gasteiger partial charge on any atom is -0.493 e. The smallest absolute Gasteiger partial charge is 0.229 e. The van der Waals surface area contributed by atoms with Gasteiger partial charge in [0.2, 0.25) is 7.37 Å². The Morgan fingerprint density at radius 1 is 0.976 bits per heavy atom. The first-order valence-electron chi connectivity index (χ1n) is 14.4. The van der Waals surface area contributed by atoms with Crippen LogP contribution in [-0.2, 0) is 17.4 Å². The van der Waals surface area contributed by atoms with Gasteiger partial charge in [0.05, 0.1) is 23.3 Å². The molecule has 0 fully saturated rings. The van der Waals surface area contributed by atoms with Crippen LogP contribution < -0.4 is 21.5 Å². The molecule has 0 aliphatic rings. The Kier molecular flexibility index (Phi) is 14.8. The highest BCUT2D eigenvalue weighted by Crippen LogP contribution is 2.36. The summed E-state index contributed by atoms with van der Waals surface area (Å²) in [6.07, 6.45) is 3.54. The first-order valence-corrected chi connectivity index (χ1v) is 16.5. The maximum atomic E-state index is 13.9. The normalized spacial score (nSPS) is 12.6. The SMILES string of the molecule is CC.CCc1c(C(C)=O)ccc(P(C)(=O)O)c1F.CCc1cc(-c2ccc(N)c(N)c2)ccc1OCCC(C)CC. The number of carbonyl (C=O) groups is 1. The summed E-state index contributed by atoms with van der Waals surface area (Å²) in [7, 11) is -3.63. The number of carbonyl (C=O) groups excluding carboxylic acids is 1. The van der Waals surface area contributed by atoms with Crippen LogP contribution in [-0.4, -0.2) is 23.9 Å². The van der Waals surface area contributed by atoms with Crippen molar-refractivity contribution in [2.75, 3.05) is 24.7 Å². The van der Waals surface area contributed by atoms with Crippen LogP contribution in [0.2, 0.25) is 0 Å². The fraction of sp³-hybridized carbons (Fsp3) is 0.424. The highest BCUT2D eigenvalue weighted by Gasteiger charge is 2.23. The van der Waals surface area contributed by atoms with Gasteiger partial charge >= 0.3 is 0 Å². The molecule has 6 nitrogen and oxygen atoms in total. The lowest BCUT2D eigenvalue weighted by Crippen LogP contribution is -2.15. The van der Waals surface area contributed by atoms with E-state index in [9.17, 15) is 18.6 Å². The molecule has 0 aromatic heterocycles. The summed E-state index contributed by atoms with van der Waals surface area (Å²) in [5.41, 5.74) is 16.9. The van der Waals surface area contributed by atoms with Gasteiger partial charge in [0.25, 0.3) is 0 Å². The standard InChI is InChI=1S/C20H28N2O.C11H14FO3P.C2H6/c1-4-14(3)10-11-23-20-9-7-16(12-15(20)5-2)17-6-8-18(21)19(22)13-17;1-4-8-9(7(2)13)5-6-10(11(8)12)16(3,14)15;1-2/h6-9,12-14H,4-5,10-11,21-22H2,1-3H3;5-6H,4H2,1-3H3,(H,14,15);1-2H3. The first kappa shape index (κ1) is 35.9. The molecule has 3 rings (SSSR count). The second kappa shape index (κ2) is 17.0. The highest BCUT2D eigenvalue weighted by atomic mass is 31.2. The number of ether oxygens (including phenoxy) is 1. The van der Waals surface area contributed by atoms with Crippen LogP contribution in [0.15, 0.2) is 48.5 Å². The van der Waals surface area contributed by atoms with E-state index in [1.54, 1.807) is 6.92 Å². The zero-order valence-electron chi connectivity index (χ0n) is 25.9. The average molecular weight is 587 g/mol. The van der Waals surface area contributed by atoms with Gasteiger partial charge < -0.3 is 21.1 Å². The summed E-state index contributed by atoms with van der Waals surface area (Å²) in [5.74, 6) is 0.717. The summed E-state index contributed by atoms with van der Waals surface area (Å²) in [4.78, 5) is 20.6. The Morgan fingerprint density at radius 3 is 2.10 bits per heavy atom. The monoisotopic (exact) mass is 586 g/mol. The van der Waals surface area contributed by atoms with Crippen molar-refractivity contribution in [3.8, 4) is 16.9 Å². The van der Waals surface area contributed by atoms with Crippen molar-refractivity contribution in [2.45, 2.75) is 74.1 Å². The van der Waals surface area contributed by atoms with Gasteiger partial charge in [-0.3, -0.25) is 9.36 Å². The molecule has 226 valence electrons. The zero-order chi connectivity index (χ0) is 31.3. The number of rotatable bonds is 10. The molecule has 3 aromatic rings. The van der Waals surface area contributed by atoms with Gasteiger partial charge in [-0.1, -0.05) is 66.2 Å². The van der Waals surface area contributed by atoms with E-state index in [1.165, 1.54) is 31.0 Å². The summed E-state index contributed by atoms with van der Waals surface area (Å²) >= 11 is 0. The van der Waals surface area contributed by atoms with E-state index in [1.807, 2.05) is 32.0 Å². The van der Waals surface area contributed by atoms with Crippen LogP contribution in [0, 0.1) is 11.7 Å². The number of anilines is 2. The van der Waals surface area contributed by atoms with Crippen LogP contribution in [0.4, 0.5) is 15.8 Å². The summed E-state index contributed by atoms with van der Waals surface area (Å²) in [6, 6.07) is 14.7. The third kappa shape index (κ3) is 10.3. The van der Waals surface area contributed by atoms with Crippen molar-refractivity contribution in [1.82, 2.24) is 0 Å². The van der Waals surface area contributed by atoms with Crippen molar-refractivity contribution < 1.29 is 23.4 Å². The van der Waals surface area contributed by atoms with E-state index in [2.05, 4.69) is 39.0 Å². The van der Waals surface area contributed by atoms with E-state index >= 15 is 0 Å². The van der Waals surface area contributed by atoms with Crippen LogP contribution >= 0.6 is 7.37 Å². The van der Waals surface area contributed by atoms with Crippen molar-refractivity contribution in [3.63, 3.8) is 0 Å². The predicted molar refractivity (Wildman–Crippen MR) is 172 cm³/mol. The molecule has 0 aliphatic heterocycles. The van der Waals surface area contributed by atoms with Gasteiger partial charge in [-0.25, -0.2) is 4.39 Å². The van der Waals surface area contributed by atoms with E-state index in [0.29, 0.717) is 23.7 Å². The van der Waals surface area contributed by atoms with Crippen LogP contribution in [0.3, 0.4) is 0 Å². The fourth-order valence-corrected chi connectivity index (χ4v) is 4.96. The van der Waals surface area contributed by atoms with Crippen molar-refractivity contribution >= 4 is 29.8 Å². The van der Waals surface area contributed by atoms with Crippen LogP contribution in [0.1, 0.15) is 82.8 Å². The third-order valence-corrected chi connectivity index (χ3v) is 8.07. The second-order valence-electron chi connectivity index (χ2n) is 9.88. The van der Waals surface area contributed by atoms with Gasteiger partial charge in [-0.2, -0.15) is 0 Å². The van der Waals surface area contributed by atoms with Gasteiger partial charge in [-0.15, -0.1) is 0 Å². The molecular weight excluding hydrogens is 538 g/mol. The number of nitrogen functional groups attached to an aromatic ring is 2. The molecule has 0 amide bonds. The number of hydrogen-bond donors (Lipinski definition) is 3. The van der Waals surface area contributed by atoms with E-state index in [0.717, 1.165) is 43.0 Å². The molecule has 0 radical (unpaired) electrons. The molecule has 0 heterocycles. The number of Topliss-reactive ketones (excluding diaryl/α,β-unsaturated/α-hetero) is 1. The Labute approximate surface area is 245 Å². The van der Waals surface area contributed by atoms with Crippen LogP contribution in [0.5, 0.6) is 5.75 Å². The molecule has 5 N–H and O–H groups in total. The summed E-state index contributed by atoms with van der Waals surface area (Å²) in [5, 5.41) is -0.214. The predicted octanol–water partition coefficient (Wildman–Crippen LogP) is 8.04. The highest BCUT2D eigenvalue weighted by molar-refractivity contribution is 7.65. The molecule has 0 bridgehead atoms. The largest absolute Gasteiger partial charge is 0.493 e.